The lowest BCUT2D eigenvalue weighted by molar-refractivity contribution is -0.118. The molecule has 28 heavy (non-hydrogen) atoms. The second-order valence-electron chi connectivity index (χ2n) is 6.91. The molecule has 0 spiro atoms. The summed E-state index contributed by atoms with van der Waals surface area (Å²) in [5.74, 6) is 0.179. The summed E-state index contributed by atoms with van der Waals surface area (Å²) in [6, 6.07) is 5.95. The third-order valence-corrected chi connectivity index (χ3v) is 6.87. The highest BCUT2D eigenvalue weighted by atomic mass is 32.2. The van der Waals surface area contributed by atoms with Gasteiger partial charge in [0.05, 0.1) is 16.8 Å². The standard InChI is InChI=1S/C21H25N3O2S2/c1-6-9-22-17(25)11-27-21-23-19-18(14(4)15(5)28-19)20(26)24(21)16-8-7-12(2)13(3)10-16/h7-8,10H,6,9,11H2,1-5H3,(H,22,25). The highest BCUT2D eigenvalue weighted by molar-refractivity contribution is 7.99. The minimum absolute atomic E-state index is 0.0497. The second kappa shape index (κ2) is 8.49. The molecule has 0 fully saturated rings. The number of benzene rings is 1. The first-order chi connectivity index (χ1) is 13.3. The fourth-order valence-corrected chi connectivity index (χ4v) is 4.82. The quantitative estimate of drug-likeness (QED) is 0.482. The number of hydrogen-bond donors (Lipinski definition) is 1. The van der Waals surface area contributed by atoms with Gasteiger partial charge in [-0.2, -0.15) is 0 Å². The monoisotopic (exact) mass is 415 g/mol. The first kappa shape index (κ1) is 20.6. The molecule has 1 aromatic carbocycles. The van der Waals surface area contributed by atoms with E-state index >= 15 is 0 Å². The molecular weight excluding hydrogens is 390 g/mol. The van der Waals surface area contributed by atoms with Crippen LogP contribution in [-0.2, 0) is 4.79 Å². The van der Waals surface area contributed by atoms with E-state index in [4.69, 9.17) is 4.98 Å². The van der Waals surface area contributed by atoms with Crippen molar-refractivity contribution in [3.8, 4) is 5.69 Å². The Hall–Kier alpha value is -2.12. The van der Waals surface area contributed by atoms with Gasteiger partial charge < -0.3 is 5.32 Å². The molecule has 1 amide bonds. The highest BCUT2D eigenvalue weighted by Gasteiger charge is 2.19. The first-order valence-electron chi connectivity index (χ1n) is 9.33. The highest BCUT2D eigenvalue weighted by Crippen LogP contribution is 2.29. The maximum absolute atomic E-state index is 13.4. The number of thiophene rings is 1. The molecule has 0 aliphatic heterocycles. The molecule has 2 heterocycles. The summed E-state index contributed by atoms with van der Waals surface area (Å²) in [6.07, 6.45) is 0.891. The van der Waals surface area contributed by atoms with Crippen LogP contribution in [0.25, 0.3) is 15.9 Å². The molecule has 2 aromatic heterocycles. The Kier molecular flexibility index (Phi) is 6.25. The van der Waals surface area contributed by atoms with Gasteiger partial charge in [-0.1, -0.05) is 24.8 Å². The minimum atomic E-state index is -0.0773. The summed E-state index contributed by atoms with van der Waals surface area (Å²) >= 11 is 2.83. The number of carbonyl (C=O) groups excluding carboxylic acids is 1. The summed E-state index contributed by atoms with van der Waals surface area (Å²) in [6.45, 7) is 10.7. The molecule has 0 aliphatic carbocycles. The molecular formula is C21H25N3O2S2. The fraction of sp³-hybridized carbons (Fsp3) is 0.381. The van der Waals surface area contributed by atoms with E-state index in [9.17, 15) is 9.59 Å². The number of nitrogens with zero attached hydrogens (tertiary/aromatic N) is 2. The van der Waals surface area contributed by atoms with E-state index < -0.39 is 0 Å². The summed E-state index contributed by atoms with van der Waals surface area (Å²) in [7, 11) is 0. The van der Waals surface area contributed by atoms with Crippen LogP contribution in [0.3, 0.4) is 0 Å². The molecule has 5 nitrogen and oxygen atoms in total. The van der Waals surface area contributed by atoms with Crippen molar-refractivity contribution in [3.05, 3.63) is 50.1 Å². The van der Waals surface area contributed by atoms with Crippen molar-refractivity contribution in [2.45, 2.75) is 46.2 Å². The van der Waals surface area contributed by atoms with Gasteiger partial charge >= 0.3 is 0 Å². The Morgan fingerprint density at radius 2 is 1.96 bits per heavy atom. The van der Waals surface area contributed by atoms with Crippen molar-refractivity contribution in [2.75, 3.05) is 12.3 Å². The van der Waals surface area contributed by atoms with Crippen LogP contribution in [-0.4, -0.2) is 27.8 Å². The number of hydrogen-bond acceptors (Lipinski definition) is 5. The molecule has 0 radical (unpaired) electrons. The van der Waals surface area contributed by atoms with E-state index in [1.807, 2.05) is 52.8 Å². The van der Waals surface area contributed by atoms with E-state index in [-0.39, 0.29) is 17.2 Å². The lowest BCUT2D eigenvalue weighted by atomic mass is 10.1. The lowest BCUT2D eigenvalue weighted by Gasteiger charge is -2.13. The molecule has 148 valence electrons. The zero-order valence-corrected chi connectivity index (χ0v) is 18.5. The Bertz CT molecular complexity index is 1100. The van der Waals surface area contributed by atoms with Crippen LogP contribution in [0.2, 0.25) is 0 Å². The maximum Gasteiger partial charge on any atom is 0.267 e. The Morgan fingerprint density at radius 3 is 2.64 bits per heavy atom. The van der Waals surface area contributed by atoms with Gasteiger partial charge in [0.2, 0.25) is 5.91 Å². The van der Waals surface area contributed by atoms with Crippen molar-refractivity contribution in [2.24, 2.45) is 0 Å². The topological polar surface area (TPSA) is 64.0 Å². The van der Waals surface area contributed by atoms with Crippen molar-refractivity contribution in [1.29, 1.82) is 0 Å². The van der Waals surface area contributed by atoms with E-state index in [2.05, 4.69) is 5.32 Å². The van der Waals surface area contributed by atoms with E-state index in [0.717, 1.165) is 32.9 Å². The van der Waals surface area contributed by atoms with Gasteiger partial charge in [0.1, 0.15) is 4.83 Å². The van der Waals surface area contributed by atoms with Crippen LogP contribution in [0.5, 0.6) is 0 Å². The predicted octanol–water partition coefficient (Wildman–Crippen LogP) is 4.30. The van der Waals surface area contributed by atoms with Crippen LogP contribution in [0.15, 0.2) is 28.2 Å². The zero-order valence-electron chi connectivity index (χ0n) is 16.9. The number of thioether (sulfide) groups is 1. The van der Waals surface area contributed by atoms with E-state index in [1.165, 1.54) is 28.7 Å². The molecule has 0 unspecified atom stereocenters. The van der Waals surface area contributed by atoms with Gasteiger partial charge in [-0.05, 0) is 62.9 Å². The van der Waals surface area contributed by atoms with Gasteiger partial charge in [0.25, 0.3) is 5.56 Å². The van der Waals surface area contributed by atoms with Gasteiger partial charge in [0, 0.05) is 11.4 Å². The van der Waals surface area contributed by atoms with Crippen molar-refractivity contribution in [1.82, 2.24) is 14.9 Å². The molecule has 3 rings (SSSR count). The second-order valence-corrected chi connectivity index (χ2v) is 9.05. The Balaban J connectivity index is 2.13. The number of fused-ring (bicyclic) bond motifs is 1. The van der Waals surface area contributed by atoms with E-state index in [1.54, 1.807) is 4.57 Å². The predicted molar refractivity (Wildman–Crippen MR) is 118 cm³/mol. The SMILES string of the molecule is CCCNC(=O)CSc1nc2sc(C)c(C)c2c(=O)n1-c1ccc(C)c(C)c1. The zero-order chi connectivity index (χ0) is 20.4. The largest absolute Gasteiger partial charge is 0.355 e. The summed E-state index contributed by atoms with van der Waals surface area (Å²) in [4.78, 5) is 32.1. The molecule has 0 aliphatic rings. The summed E-state index contributed by atoms with van der Waals surface area (Å²) in [5.41, 5.74) is 3.96. The average molecular weight is 416 g/mol. The van der Waals surface area contributed by atoms with Crippen LogP contribution in [0.4, 0.5) is 0 Å². The first-order valence-corrected chi connectivity index (χ1v) is 11.1. The number of aromatic nitrogens is 2. The minimum Gasteiger partial charge on any atom is -0.355 e. The molecule has 0 atom stereocenters. The van der Waals surface area contributed by atoms with E-state index in [0.29, 0.717) is 17.1 Å². The van der Waals surface area contributed by atoms with Crippen LogP contribution >= 0.6 is 23.1 Å². The molecule has 1 N–H and O–H groups in total. The number of amides is 1. The third-order valence-electron chi connectivity index (χ3n) is 4.83. The smallest absolute Gasteiger partial charge is 0.267 e. The average Bonchev–Trinajstić information content (AvgIpc) is 2.95. The number of carbonyl (C=O) groups is 1. The maximum atomic E-state index is 13.4. The Labute approximate surface area is 173 Å². The normalized spacial score (nSPS) is 11.2. The van der Waals surface area contributed by atoms with Gasteiger partial charge in [0.15, 0.2) is 5.16 Å². The fourth-order valence-electron chi connectivity index (χ4n) is 2.91. The molecule has 0 saturated carbocycles. The van der Waals surface area contributed by atoms with Crippen LogP contribution in [0, 0.1) is 27.7 Å². The van der Waals surface area contributed by atoms with Crippen molar-refractivity contribution >= 4 is 39.2 Å². The number of rotatable bonds is 6. The van der Waals surface area contributed by atoms with Gasteiger partial charge in [-0.3, -0.25) is 14.2 Å². The summed E-state index contributed by atoms with van der Waals surface area (Å²) in [5, 5.41) is 4.09. The molecule has 7 heteroatoms. The summed E-state index contributed by atoms with van der Waals surface area (Å²) < 4.78 is 1.64. The van der Waals surface area contributed by atoms with Crippen LogP contribution < -0.4 is 10.9 Å². The third kappa shape index (κ3) is 4.00. The van der Waals surface area contributed by atoms with Gasteiger partial charge in [-0.15, -0.1) is 11.3 Å². The molecule has 0 saturated heterocycles. The number of nitrogens with one attached hydrogen (secondary N) is 1. The number of aryl methyl sites for hydroxylation is 4. The lowest BCUT2D eigenvalue weighted by Crippen LogP contribution is -2.27. The van der Waals surface area contributed by atoms with Crippen molar-refractivity contribution in [3.63, 3.8) is 0 Å². The van der Waals surface area contributed by atoms with Crippen molar-refractivity contribution < 1.29 is 4.79 Å². The molecule has 0 bridgehead atoms. The van der Waals surface area contributed by atoms with Gasteiger partial charge in [-0.25, -0.2) is 4.98 Å². The molecule has 3 aromatic rings. The Morgan fingerprint density at radius 1 is 1.21 bits per heavy atom. The van der Waals surface area contributed by atoms with Crippen LogP contribution in [0.1, 0.15) is 34.9 Å².